The maximum absolute atomic E-state index is 5.48. The number of hydrogen-bond acceptors (Lipinski definition) is 3. The molecular weight excluding hydrogens is 350 g/mol. The van der Waals surface area contributed by atoms with Gasteiger partial charge in [0.2, 0.25) is 0 Å². The van der Waals surface area contributed by atoms with Gasteiger partial charge >= 0.3 is 0 Å². The average molecular weight is 386 g/mol. The average Bonchev–Trinajstić information content (AvgIpc) is 3.00. The minimum absolute atomic E-state index is 0.642. The Labute approximate surface area is 169 Å². The van der Waals surface area contributed by atoms with Crippen LogP contribution in [0.4, 0.5) is 0 Å². The summed E-state index contributed by atoms with van der Waals surface area (Å²) in [4.78, 5) is 4.82. The second kappa shape index (κ2) is 10.7. The molecule has 2 aromatic rings. The van der Waals surface area contributed by atoms with E-state index in [1.165, 1.54) is 22.4 Å². The summed E-state index contributed by atoms with van der Waals surface area (Å²) >= 11 is 0. The Morgan fingerprint density at radius 3 is 2.61 bits per heavy atom. The van der Waals surface area contributed by atoms with Crippen molar-refractivity contribution < 1.29 is 4.74 Å². The van der Waals surface area contributed by atoms with Crippen LogP contribution in [-0.2, 0) is 32.9 Å². The Hall–Kier alpha value is -2.50. The van der Waals surface area contributed by atoms with E-state index >= 15 is 0 Å². The number of methoxy groups -OCH3 is 1. The van der Waals surface area contributed by atoms with Gasteiger partial charge in [0.05, 0.1) is 19.3 Å². The molecule has 0 atom stereocenters. The van der Waals surface area contributed by atoms with Gasteiger partial charge in [-0.05, 0) is 44.7 Å². The first kappa shape index (κ1) is 21.8. The number of ether oxygens (including phenoxy) is 1. The highest BCUT2D eigenvalue weighted by atomic mass is 16.5. The molecule has 0 saturated carbocycles. The van der Waals surface area contributed by atoms with Gasteiger partial charge in [0, 0.05) is 31.4 Å². The van der Waals surface area contributed by atoms with E-state index in [9.17, 15) is 0 Å². The van der Waals surface area contributed by atoms with Crippen LogP contribution in [0, 0.1) is 6.92 Å². The van der Waals surface area contributed by atoms with E-state index < -0.39 is 0 Å². The zero-order valence-electron chi connectivity index (χ0n) is 18.2. The van der Waals surface area contributed by atoms with Crippen molar-refractivity contribution in [2.45, 2.75) is 53.5 Å². The predicted octanol–water partition coefficient (Wildman–Crippen LogP) is 3.16. The van der Waals surface area contributed by atoms with E-state index in [0.29, 0.717) is 6.54 Å². The summed E-state index contributed by atoms with van der Waals surface area (Å²) in [6.45, 7) is 10.8. The Bertz CT molecular complexity index is 794. The standard InChI is InChI=1S/C22H35N5O/c1-7-19-18(20(8-2)27(5)26-19)15-25-22(23-9-3)24-13-12-17-14-16(4)10-11-21(17)28-6/h10-11,14H,7-9,12-13,15H2,1-6H3,(H2,23,24,25). The molecule has 1 heterocycles. The lowest BCUT2D eigenvalue weighted by molar-refractivity contribution is 0.409. The van der Waals surface area contributed by atoms with Crippen LogP contribution in [0.2, 0.25) is 0 Å². The largest absolute Gasteiger partial charge is 0.496 e. The van der Waals surface area contributed by atoms with Crippen molar-refractivity contribution in [1.29, 1.82) is 0 Å². The fourth-order valence-corrected chi connectivity index (χ4v) is 3.49. The second-order valence-electron chi connectivity index (χ2n) is 6.89. The van der Waals surface area contributed by atoms with Crippen molar-refractivity contribution in [3.8, 4) is 5.75 Å². The molecule has 0 radical (unpaired) electrons. The van der Waals surface area contributed by atoms with Crippen molar-refractivity contribution in [2.75, 3.05) is 20.2 Å². The summed E-state index contributed by atoms with van der Waals surface area (Å²) in [7, 11) is 3.74. The van der Waals surface area contributed by atoms with Crippen LogP contribution in [0.5, 0.6) is 5.75 Å². The molecule has 6 heteroatoms. The number of aliphatic imine (C=N–C) groups is 1. The minimum Gasteiger partial charge on any atom is -0.496 e. The molecule has 28 heavy (non-hydrogen) atoms. The van der Waals surface area contributed by atoms with Crippen LogP contribution in [0.3, 0.4) is 0 Å². The molecule has 6 nitrogen and oxygen atoms in total. The molecule has 0 aliphatic rings. The third-order valence-corrected chi connectivity index (χ3v) is 4.89. The summed E-state index contributed by atoms with van der Waals surface area (Å²) < 4.78 is 7.48. The molecule has 0 aliphatic heterocycles. The Balaban J connectivity index is 2.07. The summed E-state index contributed by atoms with van der Waals surface area (Å²) in [5, 5.41) is 11.4. The van der Waals surface area contributed by atoms with Crippen LogP contribution in [-0.4, -0.2) is 35.9 Å². The number of rotatable bonds is 9. The molecule has 0 spiro atoms. The van der Waals surface area contributed by atoms with Crippen molar-refractivity contribution in [1.82, 2.24) is 20.4 Å². The van der Waals surface area contributed by atoms with E-state index in [4.69, 9.17) is 9.73 Å². The van der Waals surface area contributed by atoms with E-state index in [2.05, 4.69) is 55.6 Å². The summed E-state index contributed by atoms with van der Waals surface area (Å²) in [5.74, 6) is 1.77. The zero-order chi connectivity index (χ0) is 20.5. The summed E-state index contributed by atoms with van der Waals surface area (Å²) in [6, 6.07) is 6.29. The minimum atomic E-state index is 0.642. The zero-order valence-corrected chi connectivity index (χ0v) is 18.2. The van der Waals surface area contributed by atoms with Gasteiger partial charge < -0.3 is 15.4 Å². The fraction of sp³-hybridized carbons (Fsp3) is 0.545. The number of aromatic nitrogens is 2. The van der Waals surface area contributed by atoms with Crippen molar-refractivity contribution in [3.63, 3.8) is 0 Å². The number of guanidine groups is 1. The first-order valence-electron chi connectivity index (χ1n) is 10.2. The monoisotopic (exact) mass is 385 g/mol. The topological polar surface area (TPSA) is 63.5 Å². The van der Waals surface area contributed by atoms with Crippen LogP contribution in [0.25, 0.3) is 0 Å². The molecule has 0 fully saturated rings. The van der Waals surface area contributed by atoms with Gasteiger partial charge in [-0.15, -0.1) is 0 Å². The molecule has 1 aromatic carbocycles. The molecule has 154 valence electrons. The highest BCUT2D eigenvalue weighted by molar-refractivity contribution is 5.79. The molecule has 0 saturated heterocycles. The number of hydrogen-bond donors (Lipinski definition) is 2. The first-order chi connectivity index (χ1) is 13.5. The molecule has 0 amide bonds. The summed E-state index contributed by atoms with van der Waals surface area (Å²) in [6.07, 6.45) is 2.77. The SMILES string of the molecule is CCNC(=NCc1c(CC)nn(C)c1CC)NCCc1cc(C)ccc1OC. The number of benzene rings is 1. The van der Waals surface area contributed by atoms with Gasteiger partial charge in [0.15, 0.2) is 5.96 Å². The molecule has 0 unspecified atom stereocenters. The molecular formula is C22H35N5O. The second-order valence-corrected chi connectivity index (χ2v) is 6.89. The van der Waals surface area contributed by atoms with E-state index in [1.54, 1.807) is 7.11 Å². The van der Waals surface area contributed by atoms with Crippen molar-refractivity contribution >= 4 is 5.96 Å². The van der Waals surface area contributed by atoms with Crippen molar-refractivity contribution in [3.05, 3.63) is 46.3 Å². The Kier molecular flexibility index (Phi) is 8.36. The van der Waals surface area contributed by atoms with E-state index in [-0.39, 0.29) is 0 Å². The van der Waals surface area contributed by atoms with E-state index in [0.717, 1.165) is 49.8 Å². The molecule has 1 aromatic heterocycles. The number of nitrogens with zero attached hydrogens (tertiary/aromatic N) is 3. The third kappa shape index (κ3) is 5.50. The van der Waals surface area contributed by atoms with Crippen LogP contribution in [0.15, 0.2) is 23.2 Å². The lowest BCUT2D eigenvalue weighted by atomic mass is 10.1. The molecule has 2 N–H and O–H groups in total. The van der Waals surface area contributed by atoms with E-state index in [1.807, 2.05) is 17.8 Å². The lowest BCUT2D eigenvalue weighted by Crippen LogP contribution is -2.38. The maximum atomic E-state index is 5.48. The fourth-order valence-electron chi connectivity index (χ4n) is 3.49. The first-order valence-corrected chi connectivity index (χ1v) is 10.2. The number of aryl methyl sites for hydroxylation is 3. The van der Waals surface area contributed by atoms with Gasteiger partial charge in [-0.3, -0.25) is 4.68 Å². The molecule has 0 bridgehead atoms. The van der Waals surface area contributed by atoms with Gasteiger partial charge in [-0.2, -0.15) is 5.10 Å². The van der Waals surface area contributed by atoms with Crippen LogP contribution < -0.4 is 15.4 Å². The van der Waals surface area contributed by atoms with Gasteiger partial charge in [-0.25, -0.2) is 4.99 Å². The predicted molar refractivity (Wildman–Crippen MR) is 116 cm³/mol. The van der Waals surface area contributed by atoms with Crippen LogP contribution in [0.1, 0.15) is 48.8 Å². The van der Waals surface area contributed by atoms with Gasteiger partial charge in [-0.1, -0.05) is 31.5 Å². The van der Waals surface area contributed by atoms with Crippen molar-refractivity contribution in [2.24, 2.45) is 12.0 Å². The molecule has 0 aliphatic carbocycles. The lowest BCUT2D eigenvalue weighted by Gasteiger charge is -2.13. The highest BCUT2D eigenvalue weighted by Gasteiger charge is 2.13. The maximum Gasteiger partial charge on any atom is 0.191 e. The van der Waals surface area contributed by atoms with Gasteiger partial charge in [0.25, 0.3) is 0 Å². The van der Waals surface area contributed by atoms with Crippen LogP contribution >= 0.6 is 0 Å². The number of nitrogens with one attached hydrogen (secondary N) is 2. The normalized spacial score (nSPS) is 11.6. The Morgan fingerprint density at radius 2 is 1.96 bits per heavy atom. The Morgan fingerprint density at radius 1 is 1.18 bits per heavy atom. The third-order valence-electron chi connectivity index (χ3n) is 4.89. The quantitative estimate of drug-likeness (QED) is 0.514. The van der Waals surface area contributed by atoms with Gasteiger partial charge in [0.1, 0.15) is 5.75 Å². The smallest absolute Gasteiger partial charge is 0.191 e. The highest BCUT2D eigenvalue weighted by Crippen LogP contribution is 2.20. The molecule has 2 rings (SSSR count). The summed E-state index contributed by atoms with van der Waals surface area (Å²) in [5.41, 5.74) is 6.11.